The largest absolute Gasteiger partial charge is 0.477 e. The van der Waals surface area contributed by atoms with Gasteiger partial charge in [-0.05, 0) is 50.8 Å². The summed E-state index contributed by atoms with van der Waals surface area (Å²) in [5, 5.41) is 0. The highest BCUT2D eigenvalue weighted by molar-refractivity contribution is 6.00. The molecule has 1 aromatic carbocycles. The van der Waals surface area contributed by atoms with Crippen LogP contribution in [-0.2, 0) is 0 Å². The fraction of sp³-hybridized carbons (Fsp3) is 0.385. The Morgan fingerprint density at radius 2 is 1.88 bits per heavy atom. The lowest BCUT2D eigenvalue weighted by molar-refractivity contribution is 0.0393. The predicted octanol–water partition coefficient (Wildman–Crippen LogP) is 4.87. The van der Waals surface area contributed by atoms with Crippen molar-refractivity contribution in [2.24, 2.45) is 5.92 Å². The van der Waals surface area contributed by atoms with Crippen LogP contribution in [0.4, 0.5) is 0 Å². The first-order chi connectivity index (χ1) is 15.6. The zero-order chi connectivity index (χ0) is 22.5. The number of rotatable bonds is 6. The Bertz CT molecular complexity index is 1050. The van der Waals surface area contributed by atoms with Crippen molar-refractivity contribution < 1.29 is 9.53 Å². The first kappa shape index (κ1) is 21.9. The molecule has 3 heterocycles. The summed E-state index contributed by atoms with van der Waals surface area (Å²) in [5.74, 6) is 1.52. The van der Waals surface area contributed by atoms with Gasteiger partial charge in [-0.2, -0.15) is 0 Å². The Balaban J connectivity index is 1.56. The summed E-state index contributed by atoms with van der Waals surface area (Å²) in [7, 11) is 0. The topological polar surface area (TPSA) is 68.2 Å². The van der Waals surface area contributed by atoms with E-state index in [1.807, 2.05) is 55.3 Å². The Hall–Kier alpha value is -3.28. The van der Waals surface area contributed by atoms with Crippen molar-refractivity contribution in [3.05, 3.63) is 71.7 Å². The number of aryl methyl sites for hydroxylation is 2. The molecule has 2 unspecified atom stereocenters. The number of piperidine rings is 1. The van der Waals surface area contributed by atoms with E-state index in [1.165, 1.54) is 0 Å². The maximum Gasteiger partial charge on any atom is 0.254 e. The van der Waals surface area contributed by atoms with Crippen LogP contribution in [0, 0.1) is 19.8 Å². The quantitative estimate of drug-likeness (QED) is 0.558. The Labute approximate surface area is 189 Å². The molecule has 1 aliphatic rings. The maximum atomic E-state index is 13.8. The number of hydrogen-bond acceptors (Lipinski definition) is 5. The van der Waals surface area contributed by atoms with Crippen molar-refractivity contribution in [1.82, 2.24) is 19.9 Å². The molecule has 1 aliphatic heterocycles. The van der Waals surface area contributed by atoms with E-state index in [0.29, 0.717) is 23.9 Å². The third kappa shape index (κ3) is 4.79. The van der Waals surface area contributed by atoms with Crippen LogP contribution in [0.5, 0.6) is 5.88 Å². The van der Waals surface area contributed by atoms with Gasteiger partial charge in [0.15, 0.2) is 5.82 Å². The minimum Gasteiger partial charge on any atom is -0.477 e. The van der Waals surface area contributed by atoms with Gasteiger partial charge >= 0.3 is 0 Å². The molecule has 0 bridgehead atoms. The van der Waals surface area contributed by atoms with Crippen molar-refractivity contribution in [2.75, 3.05) is 13.2 Å². The first-order valence-electron chi connectivity index (χ1n) is 11.3. The number of likely N-dealkylation sites (tertiary alicyclic amines) is 1. The lowest BCUT2D eigenvalue weighted by Gasteiger charge is -2.41. The molecule has 0 spiro atoms. The Morgan fingerprint density at radius 3 is 2.59 bits per heavy atom. The highest BCUT2D eigenvalue weighted by atomic mass is 16.5. The van der Waals surface area contributed by atoms with Crippen LogP contribution in [0.3, 0.4) is 0 Å². The van der Waals surface area contributed by atoms with E-state index in [9.17, 15) is 4.79 Å². The van der Waals surface area contributed by atoms with Gasteiger partial charge in [-0.3, -0.25) is 4.79 Å². The summed E-state index contributed by atoms with van der Waals surface area (Å²) in [6.07, 6.45) is 8.10. The van der Waals surface area contributed by atoms with Gasteiger partial charge in [0, 0.05) is 48.7 Å². The van der Waals surface area contributed by atoms with Crippen LogP contribution in [-0.4, -0.2) is 45.0 Å². The van der Waals surface area contributed by atoms with Gasteiger partial charge < -0.3 is 9.64 Å². The normalized spacial score (nSPS) is 18.4. The van der Waals surface area contributed by atoms with E-state index < -0.39 is 0 Å². The van der Waals surface area contributed by atoms with Gasteiger partial charge in [0.25, 0.3) is 5.91 Å². The van der Waals surface area contributed by atoms with Crippen LogP contribution >= 0.6 is 0 Å². The molecule has 4 rings (SSSR count). The molecule has 1 amide bonds. The molecule has 1 saturated heterocycles. The number of aromatic nitrogens is 3. The molecule has 0 aliphatic carbocycles. The van der Waals surface area contributed by atoms with Crippen molar-refractivity contribution in [3.8, 4) is 17.3 Å². The zero-order valence-corrected chi connectivity index (χ0v) is 19.0. The summed E-state index contributed by atoms with van der Waals surface area (Å²) in [6, 6.07) is 11.7. The average molecular weight is 431 g/mol. The van der Waals surface area contributed by atoms with Crippen LogP contribution in [0.1, 0.15) is 47.7 Å². The summed E-state index contributed by atoms with van der Waals surface area (Å²) in [4.78, 5) is 28.9. The molecule has 1 fully saturated rings. The SMILES string of the molecule is CCC1C(COc2ccc(C)cn2)CCCN1C(=O)c1cc(C)ccc1-c1ncccn1. The number of carbonyl (C=O) groups is 1. The van der Waals surface area contributed by atoms with Crippen molar-refractivity contribution >= 4 is 5.91 Å². The highest BCUT2D eigenvalue weighted by Crippen LogP contribution is 2.30. The number of carbonyl (C=O) groups excluding carboxylic acids is 1. The molecular weight excluding hydrogens is 400 g/mol. The monoisotopic (exact) mass is 430 g/mol. The highest BCUT2D eigenvalue weighted by Gasteiger charge is 2.35. The summed E-state index contributed by atoms with van der Waals surface area (Å²) in [6.45, 7) is 7.46. The number of hydrogen-bond donors (Lipinski definition) is 0. The Kier molecular flexibility index (Phi) is 6.78. The lowest BCUT2D eigenvalue weighted by Crippen LogP contribution is -2.49. The zero-order valence-electron chi connectivity index (χ0n) is 19.0. The summed E-state index contributed by atoms with van der Waals surface area (Å²) < 4.78 is 6.01. The molecule has 0 radical (unpaired) electrons. The maximum absolute atomic E-state index is 13.8. The van der Waals surface area contributed by atoms with E-state index in [-0.39, 0.29) is 17.9 Å². The van der Waals surface area contributed by atoms with E-state index in [4.69, 9.17) is 4.74 Å². The van der Waals surface area contributed by atoms with Gasteiger partial charge in [0.1, 0.15) is 0 Å². The number of benzene rings is 1. The van der Waals surface area contributed by atoms with Crippen LogP contribution in [0.25, 0.3) is 11.4 Å². The van der Waals surface area contributed by atoms with Crippen LogP contribution in [0.15, 0.2) is 55.0 Å². The molecule has 6 heteroatoms. The molecule has 6 nitrogen and oxygen atoms in total. The van der Waals surface area contributed by atoms with Crippen LogP contribution in [0.2, 0.25) is 0 Å². The molecular formula is C26H30N4O2. The Morgan fingerprint density at radius 1 is 1.09 bits per heavy atom. The van der Waals surface area contributed by atoms with Gasteiger partial charge in [-0.15, -0.1) is 0 Å². The van der Waals surface area contributed by atoms with Gasteiger partial charge in [-0.25, -0.2) is 15.0 Å². The number of pyridine rings is 1. The average Bonchev–Trinajstić information content (AvgIpc) is 2.83. The van der Waals surface area contributed by atoms with Gasteiger partial charge in [0.05, 0.1) is 12.2 Å². The van der Waals surface area contributed by atoms with Gasteiger partial charge in [-0.1, -0.05) is 30.7 Å². The third-order valence-corrected chi connectivity index (χ3v) is 6.14. The minimum absolute atomic E-state index is 0.0427. The number of nitrogens with zero attached hydrogens (tertiary/aromatic N) is 4. The fourth-order valence-electron chi connectivity index (χ4n) is 4.49. The third-order valence-electron chi connectivity index (χ3n) is 6.14. The van der Waals surface area contributed by atoms with Crippen LogP contribution < -0.4 is 4.74 Å². The van der Waals surface area contributed by atoms with E-state index in [1.54, 1.807) is 18.5 Å². The molecule has 0 saturated carbocycles. The van der Waals surface area contributed by atoms with E-state index >= 15 is 0 Å². The second kappa shape index (κ2) is 9.90. The van der Waals surface area contributed by atoms with Crippen molar-refractivity contribution in [2.45, 2.75) is 46.1 Å². The lowest BCUT2D eigenvalue weighted by atomic mass is 9.87. The molecule has 3 aromatic rings. The second-order valence-corrected chi connectivity index (χ2v) is 8.48. The van der Waals surface area contributed by atoms with E-state index in [2.05, 4.69) is 21.9 Å². The number of amides is 1. The predicted molar refractivity (Wildman–Crippen MR) is 125 cm³/mol. The molecule has 2 aromatic heterocycles. The fourth-order valence-corrected chi connectivity index (χ4v) is 4.49. The number of ether oxygens (including phenoxy) is 1. The summed E-state index contributed by atoms with van der Waals surface area (Å²) >= 11 is 0. The molecule has 0 N–H and O–H groups in total. The van der Waals surface area contributed by atoms with E-state index in [0.717, 1.165) is 42.5 Å². The van der Waals surface area contributed by atoms with Crippen molar-refractivity contribution in [3.63, 3.8) is 0 Å². The summed E-state index contributed by atoms with van der Waals surface area (Å²) in [5.41, 5.74) is 3.59. The van der Waals surface area contributed by atoms with Crippen molar-refractivity contribution in [1.29, 1.82) is 0 Å². The smallest absolute Gasteiger partial charge is 0.254 e. The molecule has 32 heavy (non-hydrogen) atoms. The first-order valence-corrected chi connectivity index (χ1v) is 11.3. The molecule has 166 valence electrons. The second-order valence-electron chi connectivity index (χ2n) is 8.48. The minimum atomic E-state index is 0.0427. The molecule has 2 atom stereocenters. The standard InChI is InChI=1S/C26H30N4O2/c1-4-23-20(17-32-24-11-9-19(3)16-29-24)7-5-14-30(23)26(31)22-15-18(2)8-10-21(22)25-27-12-6-13-28-25/h6,8-13,15-16,20,23H,4-5,7,14,17H2,1-3H3. The van der Waals surface area contributed by atoms with Gasteiger partial charge in [0.2, 0.25) is 5.88 Å².